The predicted molar refractivity (Wildman–Crippen MR) is 120 cm³/mol. The Morgan fingerprint density at radius 3 is 2.57 bits per heavy atom. The van der Waals surface area contributed by atoms with Crippen molar-refractivity contribution in [2.45, 2.75) is 13.8 Å². The summed E-state index contributed by atoms with van der Waals surface area (Å²) in [5.74, 6) is 0.0380. The first kappa shape index (κ1) is 21.9. The van der Waals surface area contributed by atoms with Gasteiger partial charge >= 0.3 is 0 Å². The van der Waals surface area contributed by atoms with Crippen molar-refractivity contribution in [2.75, 3.05) is 19.0 Å². The first-order valence-corrected chi connectivity index (χ1v) is 10.5. The highest BCUT2D eigenvalue weighted by Gasteiger charge is 2.25. The number of thioether (sulfide) groups is 1. The van der Waals surface area contributed by atoms with E-state index in [1.807, 2.05) is 26.0 Å². The highest BCUT2D eigenvalue weighted by molar-refractivity contribution is 9.10. The van der Waals surface area contributed by atoms with Crippen LogP contribution in [-0.4, -0.2) is 30.8 Å². The number of imide groups is 1. The molecule has 0 spiro atoms. The van der Waals surface area contributed by atoms with Gasteiger partial charge in [-0.3, -0.25) is 19.7 Å². The summed E-state index contributed by atoms with van der Waals surface area (Å²) in [4.78, 5) is 35.6. The van der Waals surface area contributed by atoms with Crippen LogP contribution in [0.5, 0.6) is 11.5 Å². The van der Waals surface area contributed by atoms with Crippen molar-refractivity contribution < 1.29 is 23.9 Å². The Balaban J connectivity index is 1.67. The molecule has 30 heavy (non-hydrogen) atoms. The molecule has 3 rings (SSSR count). The smallest absolute Gasteiger partial charge is 0.290 e. The zero-order valence-electron chi connectivity index (χ0n) is 16.5. The minimum Gasteiger partial charge on any atom is -0.493 e. The third-order valence-electron chi connectivity index (χ3n) is 4.34. The molecule has 0 atom stereocenters. The molecule has 1 fully saturated rings. The molecular weight excluding hydrogens is 472 g/mol. The molecule has 0 aromatic heterocycles. The molecule has 156 valence electrons. The van der Waals surface area contributed by atoms with Crippen LogP contribution >= 0.6 is 27.7 Å². The number of aryl methyl sites for hydroxylation is 2. The summed E-state index contributed by atoms with van der Waals surface area (Å²) in [5, 5.41) is 4.61. The lowest BCUT2D eigenvalue weighted by Crippen LogP contribution is -2.20. The van der Waals surface area contributed by atoms with Crippen LogP contribution in [0.1, 0.15) is 16.7 Å². The second kappa shape index (κ2) is 9.36. The quantitative estimate of drug-likeness (QED) is 0.582. The molecule has 0 radical (unpaired) electrons. The molecule has 1 aliphatic heterocycles. The Morgan fingerprint density at radius 2 is 1.90 bits per heavy atom. The van der Waals surface area contributed by atoms with Gasteiger partial charge in [0.25, 0.3) is 17.1 Å². The number of benzene rings is 2. The standard InChI is InChI=1S/C21H19BrN2O5S/c1-11-6-14(22)15(7-12(11)2)23-19(25)10-29-16-5-4-13(8-17(16)28-3)9-18-20(26)24-21(27)30-18/h4-9H,10H2,1-3H3,(H,23,25)(H,24,26,27)/b18-9-. The zero-order valence-corrected chi connectivity index (χ0v) is 18.9. The summed E-state index contributed by atoms with van der Waals surface area (Å²) < 4.78 is 11.7. The van der Waals surface area contributed by atoms with Crippen molar-refractivity contribution in [1.29, 1.82) is 0 Å². The van der Waals surface area contributed by atoms with E-state index in [1.54, 1.807) is 24.3 Å². The fraction of sp³-hybridized carbons (Fsp3) is 0.190. The minimum atomic E-state index is -0.432. The van der Waals surface area contributed by atoms with Gasteiger partial charge in [-0.2, -0.15) is 0 Å². The van der Waals surface area contributed by atoms with Gasteiger partial charge in [0, 0.05) is 4.47 Å². The van der Waals surface area contributed by atoms with E-state index in [4.69, 9.17) is 9.47 Å². The van der Waals surface area contributed by atoms with Gasteiger partial charge in [0.15, 0.2) is 18.1 Å². The zero-order chi connectivity index (χ0) is 21.8. The summed E-state index contributed by atoms with van der Waals surface area (Å²) in [6.07, 6.45) is 1.58. The van der Waals surface area contributed by atoms with E-state index >= 15 is 0 Å². The fourth-order valence-electron chi connectivity index (χ4n) is 2.67. The number of ether oxygens (including phenoxy) is 2. The van der Waals surface area contributed by atoms with E-state index in [-0.39, 0.29) is 12.5 Å². The van der Waals surface area contributed by atoms with Gasteiger partial charge in [-0.1, -0.05) is 6.07 Å². The number of carbonyl (C=O) groups excluding carboxylic acids is 3. The van der Waals surface area contributed by atoms with Crippen molar-refractivity contribution >= 4 is 56.5 Å². The third kappa shape index (κ3) is 5.22. The Hall–Kier alpha value is -2.78. The Morgan fingerprint density at radius 1 is 1.17 bits per heavy atom. The molecule has 0 unspecified atom stereocenters. The van der Waals surface area contributed by atoms with E-state index in [1.165, 1.54) is 7.11 Å². The van der Waals surface area contributed by atoms with E-state index in [9.17, 15) is 14.4 Å². The van der Waals surface area contributed by atoms with Crippen molar-refractivity contribution in [3.05, 3.63) is 56.4 Å². The minimum absolute atomic E-state index is 0.205. The van der Waals surface area contributed by atoms with Gasteiger partial charge in [-0.05, 0) is 88.6 Å². The Kier molecular flexibility index (Phi) is 6.84. The predicted octanol–water partition coefficient (Wildman–Crippen LogP) is 4.42. The molecule has 1 aliphatic rings. The van der Waals surface area contributed by atoms with Crippen LogP contribution in [0.2, 0.25) is 0 Å². The number of carbonyl (C=O) groups is 3. The molecule has 2 N–H and O–H groups in total. The topological polar surface area (TPSA) is 93.7 Å². The Bertz CT molecular complexity index is 1070. The van der Waals surface area contributed by atoms with Crippen LogP contribution < -0.4 is 20.1 Å². The summed E-state index contributed by atoms with van der Waals surface area (Å²) >= 11 is 4.28. The number of methoxy groups -OCH3 is 1. The molecule has 1 saturated heterocycles. The number of hydrogen-bond acceptors (Lipinski definition) is 6. The van der Waals surface area contributed by atoms with Crippen molar-refractivity contribution in [1.82, 2.24) is 5.32 Å². The number of nitrogens with one attached hydrogen (secondary N) is 2. The van der Waals surface area contributed by atoms with E-state index in [0.29, 0.717) is 27.7 Å². The number of halogens is 1. The number of anilines is 1. The van der Waals surface area contributed by atoms with E-state index in [2.05, 4.69) is 26.6 Å². The third-order valence-corrected chi connectivity index (χ3v) is 5.81. The average Bonchev–Trinajstić information content (AvgIpc) is 3.01. The lowest BCUT2D eigenvalue weighted by Gasteiger charge is -2.13. The van der Waals surface area contributed by atoms with Gasteiger partial charge in [0.2, 0.25) is 0 Å². The number of rotatable bonds is 6. The lowest BCUT2D eigenvalue weighted by atomic mass is 10.1. The molecule has 2 aromatic rings. The van der Waals surface area contributed by atoms with Gasteiger partial charge in [-0.25, -0.2) is 0 Å². The summed E-state index contributed by atoms with van der Waals surface area (Å²) in [6.45, 7) is 3.76. The second-order valence-corrected chi connectivity index (χ2v) is 8.38. The Labute approximate surface area is 186 Å². The molecule has 0 bridgehead atoms. The fourth-order valence-corrected chi connectivity index (χ4v) is 3.91. The maximum Gasteiger partial charge on any atom is 0.290 e. The number of amides is 3. The monoisotopic (exact) mass is 490 g/mol. The highest BCUT2D eigenvalue weighted by atomic mass is 79.9. The normalized spacial score (nSPS) is 14.6. The maximum absolute atomic E-state index is 12.3. The van der Waals surface area contributed by atoms with Gasteiger partial charge < -0.3 is 14.8 Å². The van der Waals surface area contributed by atoms with Crippen LogP contribution in [0.25, 0.3) is 6.08 Å². The van der Waals surface area contributed by atoms with Gasteiger partial charge in [-0.15, -0.1) is 0 Å². The summed E-state index contributed by atoms with van der Waals surface area (Å²) in [7, 11) is 1.48. The second-order valence-electron chi connectivity index (χ2n) is 6.52. The van der Waals surface area contributed by atoms with Crippen LogP contribution in [0.3, 0.4) is 0 Å². The van der Waals surface area contributed by atoms with Gasteiger partial charge in [0.1, 0.15) is 0 Å². The van der Waals surface area contributed by atoms with Crippen LogP contribution in [0.15, 0.2) is 39.7 Å². The lowest BCUT2D eigenvalue weighted by molar-refractivity contribution is -0.118. The van der Waals surface area contributed by atoms with Gasteiger partial charge in [0.05, 0.1) is 17.7 Å². The highest BCUT2D eigenvalue weighted by Crippen LogP contribution is 2.32. The summed E-state index contributed by atoms with van der Waals surface area (Å²) in [6, 6.07) is 8.85. The molecule has 1 heterocycles. The largest absolute Gasteiger partial charge is 0.493 e. The van der Waals surface area contributed by atoms with Crippen molar-refractivity contribution in [3.8, 4) is 11.5 Å². The molecule has 2 aromatic carbocycles. The molecule has 0 saturated carbocycles. The molecule has 9 heteroatoms. The SMILES string of the molecule is COc1cc(/C=C2\SC(=O)NC2=O)ccc1OCC(=O)Nc1cc(C)c(C)cc1Br. The van der Waals surface area contributed by atoms with Crippen LogP contribution in [0.4, 0.5) is 10.5 Å². The maximum atomic E-state index is 12.3. The van der Waals surface area contributed by atoms with Crippen molar-refractivity contribution in [3.63, 3.8) is 0 Å². The molecular formula is C21H19BrN2O5S. The van der Waals surface area contributed by atoms with E-state index < -0.39 is 11.1 Å². The van der Waals surface area contributed by atoms with Crippen molar-refractivity contribution in [2.24, 2.45) is 0 Å². The average molecular weight is 491 g/mol. The number of hydrogen-bond donors (Lipinski definition) is 2. The van der Waals surface area contributed by atoms with Crippen LogP contribution in [-0.2, 0) is 9.59 Å². The van der Waals surface area contributed by atoms with Crippen LogP contribution in [0, 0.1) is 13.8 Å². The van der Waals surface area contributed by atoms with E-state index in [0.717, 1.165) is 27.4 Å². The molecule has 7 nitrogen and oxygen atoms in total. The molecule has 0 aliphatic carbocycles. The first-order valence-electron chi connectivity index (χ1n) is 8.89. The first-order chi connectivity index (χ1) is 14.3. The summed E-state index contributed by atoms with van der Waals surface area (Å²) in [5.41, 5.74) is 3.52. The molecule has 3 amide bonds.